The highest BCUT2D eigenvalue weighted by Gasteiger charge is 2.17. The number of benzene rings is 1. The Morgan fingerprint density at radius 2 is 1.89 bits per heavy atom. The first-order chi connectivity index (χ1) is 8.88. The number of aromatic nitrogens is 1. The van der Waals surface area contributed by atoms with E-state index in [9.17, 15) is 8.42 Å². The number of nitrogens with one attached hydrogen (secondary N) is 1. The van der Waals surface area contributed by atoms with Gasteiger partial charge >= 0.3 is 0 Å². The topological polar surface area (TPSA) is 85.1 Å². The van der Waals surface area contributed by atoms with Gasteiger partial charge in [-0.05, 0) is 46.3 Å². The molecule has 0 atom stereocenters. The van der Waals surface area contributed by atoms with Gasteiger partial charge in [-0.15, -0.1) is 0 Å². The molecule has 0 saturated carbocycles. The zero-order valence-electron chi connectivity index (χ0n) is 9.47. The van der Waals surface area contributed by atoms with Gasteiger partial charge in [-0.2, -0.15) is 0 Å². The van der Waals surface area contributed by atoms with Crippen LogP contribution in [0.4, 0.5) is 11.4 Å². The molecule has 2 aromatic rings. The number of nitrogen functional groups attached to an aromatic ring is 1. The van der Waals surface area contributed by atoms with Crippen molar-refractivity contribution < 1.29 is 8.42 Å². The maximum absolute atomic E-state index is 12.2. The molecular formula is C11H9Br2N3O2S. The van der Waals surface area contributed by atoms with Crippen LogP contribution in [0.5, 0.6) is 0 Å². The van der Waals surface area contributed by atoms with Gasteiger partial charge in [0, 0.05) is 4.47 Å². The summed E-state index contributed by atoms with van der Waals surface area (Å²) in [5, 5.41) is 0. The second-order valence-electron chi connectivity index (χ2n) is 3.66. The van der Waals surface area contributed by atoms with Crippen LogP contribution in [0, 0.1) is 0 Å². The van der Waals surface area contributed by atoms with E-state index in [2.05, 4.69) is 41.6 Å². The molecule has 0 unspecified atom stereocenters. The third-order valence-corrected chi connectivity index (χ3v) is 4.66. The summed E-state index contributed by atoms with van der Waals surface area (Å²) < 4.78 is 28.1. The van der Waals surface area contributed by atoms with Crippen molar-refractivity contribution in [2.24, 2.45) is 0 Å². The van der Waals surface area contributed by atoms with Gasteiger partial charge in [0.15, 0.2) is 0 Å². The maximum Gasteiger partial charge on any atom is 0.263 e. The highest BCUT2D eigenvalue weighted by molar-refractivity contribution is 9.10. The molecule has 0 aliphatic rings. The second-order valence-corrected chi connectivity index (χ2v) is 7.04. The Kier molecular flexibility index (Phi) is 4.12. The van der Waals surface area contributed by atoms with E-state index in [1.807, 2.05) is 0 Å². The Morgan fingerprint density at radius 1 is 1.16 bits per heavy atom. The Hall–Kier alpha value is -1.12. The summed E-state index contributed by atoms with van der Waals surface area (Å²) in [4.78, 5) is 3.97. The van der Waals surface area contributed by atoms with Crippen molar-refractivity contribution in [1.82, 2.24) is 4.98 Å². The van der Waals surface area contributed by atoms with E-state index >= 15 is 0 Å². The third-order valence-electron chi connectivity index (χ3n) is 2.24. The second kappa shape index (κ2) is 5.48. The number of hydrogen-bond donors (Lipinski definition) is 2. The molecular weight excluding hydrogens is 398 g/mol. The van der Waals surface area contributed by atoms with Crippen molar-refractivity contribution in [1.29, 1.82) is 0 Å². The molecule has 3 N–H and O–H groups in total. The fourth-order valence-electron chi connectivity index (χ4n) is 1.41. The van der Waals surface area contributed by atoms with Gasteiger partial charge in [0.05, 0.1) is 17.6 Å². The van der Waals surface area contributed by atoms with E-state index in [1.54, 1.807) is 18.2 Å². The smallest absolute Gasteiger partial charge is 0.263 e. The molecule has 0 fully saturated rings. The van der Waals surface area contributed by atoms with Gasteiger partial charge in [-0.3, -0.25) is 4.72 Å². The molecule has 0 spiro atoms. The van der Waals surface area contributed by atoms with Crippen molar-refractivity contribution >= 4 is 53.3 Å². The lowest BCUT2D eigenvalue weighted by molar-refractivity contribution is 0.601. The average molecular weight is 407 g/mol. The normalized spacial score (nSPS) is 11.3. The zero-order chi connectivity index (χ0) is 14.0. The van der Waals surface area contributed by atoms with Crippen LogP contribution in [-0.2, 0) is 10.0 Å². The molecule has 8 heteroatoms. The van der Waals surface area contributed by atoms with Gasteiger partial charge in [0.2, 0.25) is 0 Å². The first-order valence-electron chi connectivity index (χ1n) is 5.08. The lowest BCUT2D eigenvalue weighted by atomic mass is 10.3. The molecule has 1 aromatic carbocycles. The quantitative estimate of drug-likeness (QED) is 0.606. The summed E-state index contributed by atoms with van der Waals surface area (Å²) in [5.74, 6) is 0. The molecule has 0 aliphatic heterocycles. The molecule has 0 bridgehead atoms. The first kappa shape index (κ1) is 14.3. The number of anilines is 2. The number of nitrogens with two attached hydrogens (primary N) is 1. The summed E-state index contributed by atoms with van der Waals surface area (Å²) in [7, 11) is -3.72. The Morgan fingerprint density at radius 3 is 2.47 bits per heavy atom. The van der Waals surface area contributed by atoms with Crippen LogP contribution >= 0.6 is 31.9 Å². The number of pyridine rings is 1. The zero-order valence-corrected chi connectivity index (χ0v) is 13.5. The van der Waals surface area contributed by atoms with E-state index in [1.165, 1.54) is 18.3 Å². The number of halogens is 2. The lowest BCUT2D eigenvalue weighted by Gasteiger charge is -2.10. The fraction of sp³-hybridized carbons (Fsp3) is 0. The largest absolute Gasteiger partial charge is 0.398 e. The summed E-state index contributed by atoms with van der Waals surface area (Å²) in [5.41, 5.74) is 6.25. The molecule has 19 heavy (non-hydrogen) atoms. The van der Waals surface area contributed by atoms with E-state index in [4.69, 9.17) is 5.73 Å². The predicted octanol–water partition coefficient (Wildman–Crippen LogP) is 2.99. The minimum Gasteiger partial charge on any atom is -0.398 e. The van der Waals surface area contributed by atoms with Gasteiger partial charge in [-0.25, -0.2) is 13.4 Å². The summed E-state index contributed by atoms with van der Waals surface area (Å²) in [6.07, 6.45) is 1.41. The molecule has 0 aliphatic carbocycles. The van der Waals surface area contributed by atoms with Crippen LogP contribution in [0.15, 0.2) is 50.5 Å². The summed E-state index contributed by atoms with van der Waals surface area (Å²) in [6.45, 7) is 0. The Balaban J connectivity index is 2.35. The van der Waals surface area contributed by atoms with Gasteiger partial charge < -0.3 is 5.73 Å². The molecule has 5 nitrogen and oxygen atoms in total. The van der Waals surface area contributed by atoms with Gasteiger partial charge in [0.1, 0.15) is 9.50 Å². The number of rotatable bonds is 3. The fourth-order valence-corrected chi connectivity index (χ4v) is 3.18. The summed E-state index contributed by atoms with van der Waals surface area (Å²) >= 11 is 6.40. The van der Waals surface area contributed by atoms with Crippen molar-refractivity contribution in [3.8, 4) is 0 Å². The highest BCUT2D eigenvalue weighted by atomic mass is 79.9. The number of hydrogen-bond acceptors (Lipinski definition) is 4. The van der Waals surface area contributed by atoms with E-state index in [0.717, 1.165) is 0 Å². The Bertz CT molecular complexity index is 702. The van der Waals surface area contributed by atoms with Crippen LogP contribution < -0.4 is 10.5 Å². The van der Waals surface area contributed by atoms with Crippen molar-refractivity contribution in [3.05, 3.63) is 45.6 Å². The van der Waals surface area contributed by atoms with Gasteiger partial charge in [-0.1, -0.05) is 15.9 Å². The van der Waals surface area contributed by atoms with Crippen LogP contribution in [-0.4, -0.2) is 13.4 Å². The molecule has 1 heterocycles. The minimum atomic E-state index is -3.72. The molecule has 100 valence electrons. The SMILES string of the molecule is Nc1cc(Br)ccc1S(=O)(=O)Nc1ccc(Br)nc1. The highest BCUT2D eigenvalue weighted by Crippen LogP contribution is 2.24. The molecule has 1 aromatic heterocycles. The van der Waals surface area contributed by atoms with Gasteiger partial charge in [0.25, 0.3) is 10.0 Å². The molecule has 0 radical (unpaired) electrons. The standard InChI is InChI=1S/C11H9Br2N3O2S/c12-7-1-3-10(9(14)5-7)19(17,18)16-8-2-4-11(13)15-6-8/h1-6,16H,14H2. The number of sulfonamides is 1. The lowest BCUT2D eigenvalue weighted by Crippen LogP contribution is -2.14. The third kappa shape index (κ3) is 3.46. The van der Waals surface area contributed by atoms with Crippen molar-refractivity contribution in [2.45, 2.75) is 4.90 Å². The van der Waals surface area contributed by atoms with Crippen LogP contribution in [0.1, 0.15) is 0 Å². The molecule has 0 amide bonds. The average Bonchev–Trinajstić information content (AvgIpc) is 2.31. The van der Waals surface area contributed by atoms with Crippen molar-refractivity contribution in [2.75, 3.05) is 10.5 Å². The van der Waals surface area contributed by atoms with E-state index < -0.39 is 10.0 Å². The van der Waals surface area contributed by atoms with Crippen LogP contribution in [0.25, 0.3) is 0 Å². The first-order valence-corrected chi connectivity index (χ1v) is 8.15. The Labute approximate surface area is 127 Å². The predicted molar refractivity (Wildman–Crippen MR) is 81.3 cm³/mol. The monoisotopic (exact) mass is 405 g/mol. The number of nitrogens with zero attached hydrogens (tertiary/aromatic N) is 1. The maximum atomic E-state index is 12.2. The van der Waals surface area contributed by atoms with E-state index in [0.29, 0.717) is 14.8 Å². The molecule has 0 saturated heterocycles. The van der Waals surface area contributed by atoms with Crippen LogP contribution in [0.2, 0.25) is 0 Å². The van der Waals surface area contributed by atoms with Crippen LogP contribution in [0.3, 0.4) is 0 Å². The molecule has 2 rings (SSSR count). The summed E-state index contributed by atoms with van der Waals surface area (Å²) in [6, 6.07) is 7.83. The van der Waals surface area contributed by atoms with Crippen molar-refractivity contribution in [3.63, 3.8) is 0 Å². The minimum absolute atomic E-state index is 0.0265. The van der Waals surface area contributed by atoms with E-state index in [-0.39, 0.29) is 10.6 Å².